The molecule has 1 fully saturated rings. The fraction of sp³-hybridized carbons (Fsp3) is 0.471. The third-order valence-corrected chi connectivity index (χ3v) is 4.38. The van der Waals surface area contributed by atoms with Crippen molar-refractivity contribution in [1.29, 1.82) is 0 Å². The summed E-state index contributed by atoms with van der Waals surface area (Å²) in [6.45, 7) is 4.41. The van der Waals surface area contributed by atoms with Crippen molar-refractivity contribution < 1.29 is 0 Å². The predicted octanol–water partition coefficient (Wildman–Crippen LogP) is 4.97. The van der Waals surface area contributed by atoms with Gasteiger partial charge in [-0.3, -0.25) is 0 Å². The van der Waals surface area contributed by atoms with Crippen molar-refractivity contribution in [2.24, 2.45) is 0 Å². The van der Waals surface area contributed by atoms with Crippen molar-refractivity contribution in [3.8, 4) is 0 Å². The van der Waals surface area contributed by atoms with E-state index >= 15 is 0 Å². The molecule has 0 saturated carbocycles. The second-order valence-electron chi connectivity index (χ2n) is 5.71. The second-order valence-corrected chi connectivity index (χ2v) is 6.15. The van der Waals surface area contributed by atoms with Crippen LogP contribution >= 0.6 is 11.6 Å². The van der Waals surface area contributed by atoms with Crippen LogP contribution in [-0.2, 0) is 0 Å². The number of hydrogen-bond donors (Lipinski definition) is 0. The number of nitrogens with zero attached hydrogens (tertiary/aromatic N) is 2. The fourth-order valence-electron chi connectivity index (χ4n) is 3.00. The first kappa shape index (κ1) is 13.7. The van der Waals surface area contributed by atoms with E-state index in [0.29, 0.717) is 0 Å². The van der Waals surface area contributed by atoms with Gasteiger partial charge in [0.05, 0.1) is 5.52 Å². The van der Waals surface area contributed by atoms with Crippen LogP contribution in [0.2, 0.25) is 5.02 Å². The van der Waals surface area contributed by atoms with Gasteiger partial charge in [-0.15, -0.1) is 0 Å². The Morgan fingerprint density at radius 3 is 2.45 bits per heavy atom. The minimum Gasteiger partial charge on any atom is -0.357 e. The first-order valence-electron chi connectivity index (χ1n) is 7.56. The molecule has 3 heteroatoms. The Hall–Kier alpha value is -1.28. The van der Waals surface area contributed by atoms with Gasteiger partial charge in [-0.25, -0.2) is 4.98 Å². The van der Waals surface area contributed by atoms with Crippen molar-refractivity contribution in [2.75, 3.05) is 18.0 Å². The number of fused-ring (bicyclic) bond motifs is 1. The molecule has 0 radical (unpaired) electrons. The largest absolute Gasteiger partial charge is 0.357 e. The zero-order valence-electron chi connectivity index (χ0n) is 12.0. The van der Waals surface area contributed by atoms with Gasteiger partial charge in [-0.05, 0) is 43.5 Å². The predicted molar refractivity (Wildman–Crippen MR) is 86.8 cm³/mol. The SMILES string of the molecule is Cc1cc(N2CCCCCCC2)nc2cc(Cl)ccc12. The maximum Gasteiger partial charge on any atom is 0.129 e. The highest BCUT2D eigenvalue weighted by molar-refractivity contribution is 6.31. The second kappa shape index (κ2) is 6.01. The summed E-state index contributed by atoms with van der Waals surface area (Å²) >= 11 is 6.10. The molecule has 1 aliphatic rings. The van der Waals surface area contributed by atoms with E-state index in [-0.39, 0.29) is 0 Å². The van der Waals surface area contributed by atoms with Gasteiger partial charge in [-0.1, -0.05) is 36.9 Å². The molecule has 1 saturated heterocycles. The topological polar surface area (TPSA) is 16.1 Å². The monoisotopic (exact) mass is 288 g/mol. The first-order valence-corrected chi connectivity index (χ1v) is 7.94. The average Bonchev–Trinajstić information content (AvgIpc) is 2.37. The molecule has 3 rings (SSSR count). The van der Waals surface area contributed by atoms with E-state index in [2.05, 4.69) is 24.0 Å². The molecule has 20 heavy (non-hydrogen) atoms. The normalized spacial score (nSPS) is 17.0. The number of hydrogen-bond acceptors (Lipinski definition) is 2. The molecular weight excluding hydrogens is 268 g/mol. The van der Waals surface area contributed by atoms with Crippen molar-refractivity contribution in [1.82, 2.24) is 4.98 Å². The van der Waals surface area contributed by atoms with Crippen LogP contribution in [-0.4, -0.2) is 18.1 Å². The smallest absolute Gasteiger partial charge is 0.129 e. The number of pyridine rings is 1. The number of halogens is 1. The van der Waals surface area contributed by atoms with Crippen LogP contribution in [0.25, 0.3) is 10.9 Å². The van der Waals surface area contributed by atoms with Gasteiger partial charge in [0.15, 0.2) is 0 Å². The molecule has 0 amide bonds. The van der Waals surface area contributed by atoms with Crippen LogP contribution in [0.3, 0.4) is 0 Å². The summed E-state index contributed by atoms with van der Waals surface area (Å²) in [7, 11) is 0. The third-order valence-electron chi connectivity index (χ3n) is 4.15. The number of benzene rings is 1. The number of aromatic nitrogens is 1. The Morgan fingerprint density at radius 2 is 1.70 bits per heavy atom. The summed E-state index contributed by atoms with van der Waals surface area (Å²) in [6.07, 6.45) is 6.61. The molecule has 2 aromatic rings. The summed E-state index contributed by atoms with van der Waals surface area (Å²) in [5.74, 6) is 1.11. The maximum absolute atomic E-state index is 6.10. The Balaban J connectivity index is 1.97. The standard InChI is InChI=1S/C17H21ClN2/c1-13-11-17(20-9-5-3-2-4-6-10-20)19-16-12-14(18)7-8-15(13)16/h7-8,11-12H,2-6,9-10H2,1H3. The lowest BCUT2D eigenvalue weighted by molar-refractivity contribution is 0.554. The Labute approximate surface area is 125 Å². The number of anilines is 1. The molecule has 1 aliphatic heterocycles. The van der Waals surface area contributed by atoms with Gasteiger partial charge in [0.1, 0.15) is 5.82 Å². The maximum atomic E-state index is 6.10. The third kappa shape index (κ3) is 2.90. The van der Waals surface area contributed by atoms with Gasteiger partial charge >= 0.3 is 0 Å². The van der Waals surface area contributed by atoms with Crippen LogP contribution in [0.1, 0.15) is 37.7 Å². The summed E-state index contributed by atoms with van der Waals surface area (Å²) in [5.41, 5.74) is 2.29. The van der Waals surface area contributed by atoms with Crippen molar-refractivity contribution in [3.63, 3.8) is 0 Å². The van der Waals surface area contributed by atoms with E-state index in [1.165, 1.54) is 43.1 Å². The zero-order valence-corrected chi connectivity index (χ0v) is 12.8. The summed E-state index contributed by atoms with van der Waals surface area (Å²) in [6, 6.07) is 8.20. The number of aryl methyl sites for hydroxylation is 1. The first-order chi connectivity index (χ1) is 9.74. The minimum absolute atomic E-state index is 0.759. The van der Waals surface area contributed by atoms with Crippen molar-refractivity contribution in [3.05, 3.63) is 34.9 Å². The minimum atomic E-state index is 0.759. The molecule has 2 nitrogen and oxygen atoms in total. The van der Waals surface area contributed by atoms with Gasteiger partial charge in [0, 0.05) is 23.5 Å². The van der Waals surface area contributed by atoms with Gasteiger partial charge in [0.2, 0.25) is 0 Å². The van der Waals surface area contributed by atoms with E-state index in [1.54, 1.807) is 0 Å². The quantitative estimate of drug-likeness (QED) is 0.737. The lowest BCUT2D eigenvalue weighted by Gasteiger charge is -2.26. The van der Waals surface area contributed by atoms with Crippen LogP contribution in [0, 0.1) is 6.92 Å². The van der Waals surface area contributed by atoms with E-state index in [0.717, 1.165) is 29.4 Å². The van der Waals surface area contributed by atoms with Crippen LogP contribution in [0.15, 0.2) is 24.3 Å². The van der Waals surface area contributed by atoms with Crippen LogP contribution in [0.4, 0.5) is 5.82 Å². The lowest BCUT2D eigenvalue weighted by atomic mass is 10.1. The Kier molecular flexibility index (Phi) is 4.11. The van der Waals surface area contributed by atoms with Crippen molar-refractivity contribution >= 4 is 28.3 Å². The lowest BCUT2D eigenvalue weighted by Crippen LogP contribution is -2.27. The molecular formula is C17H21ClN2. The molecule has 1 aromatic heterocycles. The van der Waals surface area contributed by atoms with Crippen LogP contribution < -0.4 is 4.90 Å². The molecule has 1 aromatic carbocycles. The molecule has 106 valence electrons. The van der Waals surface area contributed by atoms with Gasteiger partial charge in [-0.2, -0.15) is 0 Å². The summed E-state index contributed by atoms with van der Waals surface area (Å²) in [5, 5.41) is 1.96. The summed E-state index contributed by atoms with van der Waals surface area (Å²) < 4.78 is 0. The molecule has 0 spiro atoms. The molecule has 2 heterocycles. The average molecular weight is 289 g/mol. The zero-order chi connectivity index (χ0) is 13.9. The van der Waals surface area contributed by atoms with Crippen molar-refractivity contribution in [2.45, 2.75) is 39.0 Å². The molecule has 0 unspecified atom stereocenters. The fourth-order valence-corrected chi connectivity index (χ4v) is 3.16. The summed E-state index contributed by atoms with van der Waals surface area (Å²) in [4.78, 5) is 7.27. The van der Waals surface area contributed by atoms with E-state index in [1.807, 2.05) is 12.1 Å². The van der Waals surface area contributed by atoms with Gasteiger partial charge < -0.3 is 4.90 Å². The highest BCUT2D eigenvalue weighted by Crippen LogP contribution is 2.26. The Morgan fingerprint density at radius 1 is 1.00 bits per heavy atom. The number of rotatable bonds is 1. The van der Waals surface area contributed by atoms with Crippen LogP contribution in [0.5, 0.6) is 0 Å². The highest BCUT2D eigenvalue weighted by Gasteiger charge is 2.12. The Bertz CT molecular complexity index is 601. The molecule has 0 atom stereocenters. The van der Waals surface area contributed by atoms with E-state index < -0.39 is 0 Å². The van der Waals surface area contributed by atoms with E-state index in [4.69, 9.17) is 16.6 Å². The van der Waals surface area contributed by atoms with Gasteiger partial charge in [0.25, 0.3) is 0 Å². The molecule has 0 aliphatic carbocycles. The van der Waals surface area contributed by atoms with E-state index in [9.17, 15) is 0 Å². The molecule has 0 N–H and O–H groups in total. The highest BCUT2D eigenvalue weighted by atomic mass is 35.5. The molecule has 0 bridgehead atoms.